The topological polar surface area (TPSA) is 46.6 Å². The van der Waals surface area contributed by atoms with Gasteiger partial charge in [0, 0.05) is 20.2 Å². The van der Waals surface area contributed by atoms with Gasteiger partial charge in [-0.1, -0.05) is 6.07 Å². The number of hydrogen-bond acceptors (Lipinski definition) is 4. The van der Waals surface area contributed by atoms with Crippen molar-refractivity contribution >= 4 is 21.4 Å². The number of aryl methyl sites for hydroxylation is 2. The quantitative estimate of drug-likeness (QED) is 0.778. The lowest BCUT2D eigenvalue weighted by Crippen LogP contribution is -2.33. The van der Waals surface area contributed by atoms with Gasteiger partial charge in [-0.2, -0.15) is 15.6 Å². The maximum absolute atomic E-state index is 12.9. The zero-order chi connectivity index (χ0) is 16.2. The fourth-order valence-corrected chi connectivity index (χ4v) is 4.24. The summed E-state index contributed by atoms with van der Waals surface area (Å²) in [5.74, 6) is 0. The standard InChI is InChI=1S/C16H21NO3S2/c1-13-4-5-16(10-14(13)2)22(18,19)17(7-8-20-3)11-15-6-9-21-12-15/h4-6,9-10,12H,7-8,11H2,1-3H3. The van der Waals surface area contributed by atoms with Gasteiger partial charge in [0.05, 0.1) is 11.5 Å². The molecular weight excluding hydrogens is 318 g/mol. The minimum Gasteiger partial charge on any atom is -0.383 e. The normalized spacial score (nSPS) is 12.0. The summed E-state index contributed by atoms with van der Waals surface area (Å²) in [6.45, 7) is 4.96. The molecule has 0 fully saturated rings. The van der Waals surface area contributed by atoms with Gasteiger partial charge in [-0.15, -0.1) is 0 Å². The van der Waals surface area contributed by atoms with Crippen LogP contribution in [0.2, 0.25) is 0 Å². The van der Waals surface area contributed by atoms with E-state index in [4.69, 9.17) is 4.74 Å². The molecule has 6 heteroatoms. The molecule has 0 radical (unpaired) electrons. The van der Waals surface area contributed by atoms with E-state index in [1.54, 1.807) is 30.6 Å². The largest absolute Gasteiger partial charge is 0.383 e. The molecule has 4 nitrogen and oxygen atoms in total. The Morgan fingerprint density at radius 1 is 1.18 bits per heavy atom. The number of rotatable bonds is 7. The zero-order valence-electron chi connectivity index (χ0n) is 13.1. The SMILES string of the molecule is COCCN(Cc1ccsc1)S(=O)(=O)c1ccc(C)c(C)c1. The summed E-state index contributed by atoms with van der Waals surface area (Å²) < 4.78 is 32.3. The van der Waals surface area contributed by atoms with Crippen molar-refractivity contribution in [2.75, 3.05) is 20.3 Å². The van der Waals surface area contributed by atoms with E-state index in [-0.39, 0.29) is 0 Å². The summed E-state index contributed by atoms with van der Waals surface area (Å²) in [4.78, 5) is 0.335. The van der Waals surface area contributed by atoms with Crippen LogP contribution in [0.15, 0.2) is 39.9 Å². The number of benzene rings is 1. The summed E-state index contributed by atoms with van der Waals surface area (Å²) in [5, 5.41) is 3.92. The lowest BCUT2D eigenvalue weighted by molar-refractivity contribution is 0.177. The predicted octanol–water partition coefficient (Wildman–Crippen LogP) is 3.20. The molecule has 2 aromatic rings. The van der Waals surface area contributed by atoms with E-state index in [2.05, 4.69) is 0 Å². The van der Waals surface area contributed by atoms with Crippen LogP contribution in [0, 0.1) is 13.8 Å². The van der Waals surface area contributed by atoms with Crippen LogP contribution >= 0.6 is 11.3 Å². The van der Waals surface area contributed by atoms with E-state index in [0.29, 0.717) is 24.6 Å². The van der Waals surface area contributed by atoms with E-state index in [1.807, 2.05) is 36.7 Å². The molecule has 0 N–H and O–H groups in total. The number of thiophene rings is 1. The Labute approximate surface area is 136 Å². The third-order valence-corrected chi connectivity index (χ3v) is 6.17. The molecule has 1 aromatic heterocycles. The van der Waals surface area contributed by atoms with Gasteiger partial charge in [0.15, 0.2) is 0 Å². The highest BCUT2D eigenvalue weighted by Crippen LogP contribution is 2.21. The van der Waals surface area contributed by atoms with Crippen molar-refractivity contribution < 1.29 is 13.2 Å². The Kier molecular flexibility index (Phi) is 5.74. The molecule has 0 amide bonds. The average molecular weight is 339 g/mol. The van der Waals surface area contributed by atoms with E-state index >= 15 is 0 Å². The fourth-order valence-electron chi connectivity index (χ4n) is 2.09. The van der Waals surface area contributed by atoms with Crippen molar-refractivity contribution in [1.82, 2.24) is 4.31 Å². The minimum atomic E-state index is -3.53. The van der Waals surface area contributed by atoms with Gasteiger partial charge < -0.3 is 4.74 Å². The molecule has 0 bridgehead atoms. The Morgan fingerprint density at radius 3 is 2.55 bits per heavy atom. The summed E-state index contributed by atoms with van der Waals surface area (Å²) in [6, 6.07) is 7.20. The smallest absolute Gasteiger partial charge is 0.243 e. The lowest BCUT2D eigenvalue weighted by Gasteiger charge is -2.22. The molecule has 0 aliphatic rings. The molecule has 120 valence electrons. The van der Waals surface area contributed by atoms with E-state index in [0.717, 1.165) is 16.7 Å². The highest BCUT2D eigenvalue weighted by Gasteiger charge is 2.24. The third-order valence-electron chi connectivity index (χ3n) is 3.60. The van der Waals surface area contributed by atoms with Gasteiger partial charge in [0.25, 0.3) is 0 Å². The van der Waals surface area contributed by atoms with Crippen molar-refractivity contribution in [1.29, 1.82) is 0 Å². The first-order valence-corrected chi connectivity index (χ1v) is 9.41. The molecule has 1 aromatic carbocycles. The number of sulfonamides is 1. The van der Waals surface area contributed by atoms with Gasteiger partial charge in [-0.3, -0.25) is 0 Å². The van der Waals surface area contributed by atoms with Crippen molar-refractivity contribution in [3.63, 3.8) is 0 Å². The van der Waals surface area contributed by atoms with Crippen LogP contribution < -0.4 is 0 Å². The second-order valence-electron chi connectivity index (χ2n) is 5.21. The van der Waals surface area contributed by atoms with Crippen molar-refractivity contribution in [3.8, 4) is 0 Å². The third kappa shape index (κ3) is 3.95. The monoisotopic (exact) mass is 339 g/mol. The van der Waals surface area contributed by atoms with Gasteiger partial charge in [0.2, 0.25) is 10.0 Å². The first-order chi connectivity index (χ1) is 10.4. The second kappa shape index (κ2) is 7.37. The first-order valence-electron chi connectivity index (χ1n) is 7.02. The molecule has 0 saturated heterocycles. The molecular formula is C16H21NO3S2. The number of nitrogens with zero attached hydrogens (tertiary/aromatic N) is 1. The summed E-state index contributed by atoms with van der Waals surface area (Å²) in [6.07, 6.45) is 0. The average Bonchev–Trinajstić information content (AvgIpc) is 2.99. The maximum Gasteiger partial charge on any atom is 0.243 e. The zero-order valence-corrected chi connectivity index (χ0v) is 14.7. The molecule has 22 heavy (non-hydrogen) atoms. The van der Waals surface area contributed by atoms with Crippen molar-refractivity contribution in [2.24, 2.45) is 0 Å². The molecule has 1 heterocycles. The fraction of sp³-hybridized carbons (Fsp3) is 0.375. The van der Waals surface area contributed by atoms with Crippen LogP contribution in [0.3, 0.4) is 0 Å². The number of methoxy groups -OCH3 is 1. The minimum absolute atomic E-state index is 0.335. The van der Waals surface area contributed by atoms with Crippen LogP contribution in [-0.2, 0) is 21.3 Å². The van der Waals surface area contributed by atoms with Crippen LogP contribution in [0.1, 0.15) is 16.7 Å². The van der Waals surface area contributed by atoms with Crippen LogP contribution in [-0.4, -0.2) is 33.0 Å². The van der Waals surface area contributed by atoms with Gasteiger partial charge in [-0.25, -0.2) is 8.42 Å². The van der Waals surface area contributed by atoms with Crippen LogP contribution in [0.5, 0.6) is 0 Å². The number of ether oxygens (including phenoxy) is 1. The van der Waals surface area contributed by atoms with Crippen molar-refractivity contribution in [2.45, 2.75) is 25.3 Å². The van der Waals surface area contributed by atoms with Crippen LogP contribution in [0.4, 0.5) is 0 Å². The molecule has 0 aliphatic carbocycles. The molecule has 0 aliphatic heterocycles. The lowest BCUT2D eigenvalue weighted by atomic mass is 10.1. The van der Waals surface area contributed by atoms with E-state index in [9.17, 15) is 8.42 Å². The Bertz CT molecular complexity index is 709. The van der Waals surface area contributed by atoms with E-state index < -0.39 is 10.0 Å². The summed E-state index contributed by atoms with van der Waals surface area (Å²) in [5.41, 5.74) is 3.05. The molecule has 0 saturated carbocycles. The predicted molar refractivity (Wildman–Crippen MR) is 89.7 cm³/mol. The van der Waals surface area contributed by atoms with E-state index in [1.165, 1.54) is 4.31 Å². The molecule has 2 rings (SSSR count). The Hall–Kier alpha value is -1.21. The second-order valence-corrected chi connectivity index (χ2v) is 7.93. The molecule has 0 atom stereocenters. The van der Waals surface area contributed by atoms with Gasteiger partial charge in [0.1, 0.15) is 0 Å². The van der Waals surface area contributed by atoms with Gasteiger partial charge >= 0.3 is 0 Å². The maximum atomic E-state index is 12.9. The van der Waals surface area contributed by atoms with Crippen LogP contribution in [0.25, 0.3) is 0 Å². The molecule has 0 spiro atoms. The summed E-state index contributed by atoms with van der Waals surface area (Å²) >= 11 is 1.56. The highest BCUT2D eigenvalue weighted by atomic mass is 32.2. The summed E-state index contributed by atoms with van der Waals surface area (Å²) in [7, 11) is -1.96. The highest BCUT2D eigenvalue weighted by molar-refractivity contribution is 7.89. The number of hydrogen-bond donors (Lipinski definition) is 0. The van der Waals surface area contributed by atoms with Crippen molar-refractivity contribution in [3.05, 3.63) is 51.7 Å². The first kappa shape index (κ1) is 17.1. The molecule has 0 unspecified atom stereocenters. The Balaban J connectivity index is 2.32. The van der Waals surface area contributed by atoms with Gasteiger partial charge in [-0.05, 0) is 59.5 Å². The Morgan fingerprint density at radius 2 is 1.95 bits per heavy atom.